The van der Waals surface area contributed by atoms with Gasteiger partial charge in [-0.1, -0.05) is 0 Å². The molecule has 1 aromatic carbocycles. The quantitative estimate of drug-likeness (QED) is 0.819. The van der Waals surface area contributed by atoms with Gasteiger partial charge in [-0.2, -0.15) is 0 Å². The predicted molar refractivity (Wildman–Crippen MR) is 65.0 cm³/mol. The summed E-state index contributed by atoms with van der Waals surface area (Å²) in [7, 11) is 1.74. The summed E-state index contributed by atoms with van der Waals surface area (Å²) in [5.74, 6) is -0.549. The zero-order valence-corrected chi connectivity index (χ0v) is 10.4. The van der Waals surface area contributed by atoms with E-state index in [-0.39, 0.29) is 16.8 Å². The van der Waals surface area contributed by atoms with Crippen molar-refractivity contribution in [3.05, 3.63) is 29.6 Å². The summed E-state index contributed by atoms with van der Waals surface area (Å²) in [4.78, 5) is 13.9. The number of hydrogen-bond acceptors (Lipinski definition) is 3. The average Bonchev–Trinajstić information content (AvgIpc) is 2.84. The van der Waals surface area contributed by atoms with E-state index in [0.29, 0.717) is 18.8 Å². The molecule has 1 atom stereocenters. The van der Waals surface area contributed by atoms with Crippen LogP contribution < -0.4 is 0 Å². The van der Waals surface area contributed by atoms with Gasteiger partial charge in [-0.15, -0.1) is 12.6 Å². The van der Waals surface area contributed by atoms with E-state index in [1.165, 1.54) is 18.2 Å². The zero-order chi connectivity index (χ0) is 12.4. The molecule has 5 heteroatoms. The lowest BCUT2D eigenvalue weighted by Crippen LogP contribution is -2.37. The van der Waals surface area contributed by atoms with Crippen molar-refractivity contribution in [2.45, 2.75) is 17.4 Å². The molecule has 1 saturated heterocycles. The highest BCUT2D eigenvalue weighted by atomic mass is 32.1. The van der Waals surface area contributed by atoms with E-state index in [1.807, 2.05) is 0 Å². The molecule has 0 N–H and O–H groups in total. The van der Waals surface area contributed by atoms with Gasteiger partial charge in [0.1, 0.15) is 5.82 Å². The molecule has 3 nitrogen and oxygen atoms in total. The normalized spacial score (nSPS) is 19.4. The van der Waals surface area contributed by atoms with E-state index >= 15 is 0 Å². The number of carbonyl (C=O) groups is 1. The molecule has 0 aromatic heterocycles. The second-order valence-electron chi connectivity index (χ2n) is 4.10. The summed E-state index contributed by atoms with van der Waals surface area (Å²) >= 11 is 3.97. The van der Waals surface area contributed by atoms with Crippen LogP contribution in [0.2, 0.25) is 0 Å². The fourth-order valence-electron chi connectivity index (χ4n) is 1.84. The third-order valence-electron chi connectivity index (χ3n) is 2.97. The summed E-state index contributed by atoms with van der Waals surface area (Å²) in [6, 6.07) is 4.29. The first-order valence-electron chi connectivity index (χ1n) is 5.43. The molecule has 1 fully saturated rings. The van der Waals surface area contributed by atoms with Gasteiger partial charge in [-0.3, -0.25) is 4.79 Å². The molecule has 1 aliphatic rings. The fourth-order valence-corrected chi connectivity index (χ4v) is 2.06. The number of amides is 1. The maximum absolute atomic E-state index is 13.0. The summed E-state index contributed by atoms with van der Waals surface area (Å²) in [6.07, 6.45) is 0.844. The molecule has 1 unspecified atom stereocenters. The molecule has 2 rings (SSSR count). The largest absolute Gasteiger partial charge is 0.379 e. The number of benzene rings is 1. The van der Waals surface area contributed by atoms with Gasteiger partial charge in [0.15, 0.2) is 0 Å². The van der Waals surface area contributed by atoms with E-state index in [9.17, 15) is 9.18 Å². The minimum atomic E-state index is -0.420. The average molecular weight is 255 g/mol. The number of thiol groups is 1. The Kier molecular flexibility index (Phi) is 3.69. The lowest BCUT2D eigenvalue weighted by atomic mass is 10.1. The molecular weight excluding hydrogens is 241 g/mol. The Morgan fingerprint density at radius 1 is 1.59 bits per heavy atom. The summed E-state index contributed by atoms with van der Waals surface area (Å²) in [5, 5.41) is 0. The molecule has 0 spiro atoms. The van der Waals surface area contributed by atoms with E-state index in [0.717, 1.165) is 6.42 Å². The number of nitrogens with zero attached hydrogens (tertiary/aromatic N) is 1. The van der Waals surface area contributed by atoms with Crippen molar-refractivity contribution in [1.29, 1.82) is 0 Å². The van der Waals surface area contributed by atoms with Gasteiger partial charge in [-0.25, -0.2) is 4.39 Å². The fraction of sp³-hybridized carbons (Fsp3) is 0.417. The van der Waals surface area contributed by atoms with Crippen molar-refractivity contribution >= 4 is 18.5 Å². The first-order valence-corrected chi connectivity index (χ1v) is 5.87. The molecule has 92 valence electrons. The van der Waals surface area contributed by atoms with Crippen LogP contribution in [0, 0.1) is 5.82 Å². The van der Waals surface area contributed by atoms with Crippen molar-refractivity contribution in [3.63, 3.8) is 0 Å². The Balaban J connectivity index is 2.15. The Hall–Kier alpha value is -1.07. The van der Waals surface area contributed by atoms with Crippen LogP contribution >= 0.6 is 12.6 Å². The van der Waals surface area contributed by atoms with Crippen molar-refractivity contribution in [1.82, 2.24) is 4.90 Å². The monoisotopic (exact) mass is 255 g/mol. The molecule has 0 bridgehead atoms. The Morgan fingerprint density at radius 2 is 2.35 bits per heavy atom. The van der Waals surface area contributed by atoms with E-state index < -0.39 is 5.82 Å². The highest BCUT2D eigenvalue weighted by Crippen LogP contribution is 2.18. The lowest BCUT2D eigenvalue weighted by Gasteiger charge is -2.23. The van der Waals surface area contributed by atoms with Gasteiger partial charge in [0.25, 0.3) is 5.91 Å². The van der Waals surface area contributed by atoms with E-state index in [1.54, 1.807) is 11.9 Å². The second kappa shape index (κ2) is 5.06. The highest BCUT2D eigenvalue weighted by molar-refractivity contribution is 7.80. The van der Waals surface area contributed by atoms with Gasteiger partial charge >= 0.3 is 0 Å². The van der Waals surface area contributed by atoms with Gasteiger partial charge in [-0.05, 0) is 24.6 Å². The first-order chi connectivity index (χ1) is 8.09. The molecule has 0 saturated carbocycles. The number of hydrogen-bond donors (Lipinski definition) is 1. The van der Waals surface area contributed by atoms with Crippen LogP contribution in [0.5, 0.6) is 0 Å². The van der Waals surface area contributed by atoms with Crippen LogP contribution in [-0.2, 0) is 4.74 Å². The van der Waals surface area contributed by atoms with Crippen molar-refractivity contribution in [3.8, 4) is 0 Å². The third-order valence-corrected chi connectivity index (χ3v) is 3.31. The van der Waals surface area contributed by atoms with Gasteiger partial charge in [0, 0.05) is 24.1 Å². The van der Waals surface area contributed by atoms with Crippen LogP contribution in [0.4, 0.5) is 4.39 Å². The Labute approximate surface area is 105 Å². The first kappa shape index (κ1) is 12.4. The second-order valence-corrected chi connectivity index (χ2v) is 4.58. The molecule has 0 aliphatic carbocycles. The molecule has 0 radical (unpaired) electrons. The highest BCUT2D eigenvalue weighted by Gasteiger charge is 2.25. The van der Waals surface area contributed by atoms with Crippen molar-refractivity contribution < 1.29 is 13.9 Å². The number of rotatable bonds is 2. The molecule has 1 heterocycles. The van der Waals surface area contributed by atoms with Crippen LogP contribution in [0.3, 0.4) is 0 Å². The minimum Gasteiger partial charge on any atom is -0.379 e. The summed E-state index contributed by atoms with van der Waals surface area (Å²) < 4.78 is 18.3. The Morgan fingerprint density at radius 3 is 2.94 bits per heavy atom. The standard InChI is InChI=1S/C12H14FNO2S/c1-14(9-4-5-16-7-9)12(15)8-2-3-10(13)11(17)6-8/h2-3,6,9,17H,4-5,7H2,1H3. The number of halogens is 1. The van der Waals surface area contributed by atoms with Gasteiger partial charge < -0.3 is 9.64 Å². The maximum Gasteiger partial charge on any atom is 0.253 e. The van der Waals surface area contributed by atoms with E-state index in [2.05, 4.69) is 12.6 Å². The lowest BCUT2D eigenvalue weighted by molar-refractivity contribution is 0.0711. The summed E-state index contributed by atoms with van der Waals surface area (Å²) in [5.41, 5.74) is 0.450. The summed E-state index contributed by atoms with van der Waals surface area (Å²) in [6.45, 7) is 1.25. The van der Waals surface area contributed by atoms with Gasteiger partial charge in [0.2, 0.25) is 0 Å². The number of carbonyl (C=O) groups excluding carboxylic acids is 1. The molecule has 1 amide bonds. The van der Waals surface area contributed by atoms with Crippen molar-refractivity contribution in [2.24, 2.45) is 0 Å². The number of ether oxygens (including phenoxy) is 1. The molecule has 1 aliphatic heterocycles. The molecule has 1 aromatic rings. The third kappa shape index (κ3) is 2.61. The number of likely N-dealkylation sites (N-methyl/N-ethyl adjacent to an activating group) is 1. The van der Waals surface area contributed by atoms with Crippen molar-refractivity contribution in [2.75, 3.05) is 20.3 Å². The van der Waals surface area contributed by atoms with Crippen LogP contribution in [0.25, 0.3) is 0 Å². The van der Waals surface area contributed by atoms with E-state index in [4.69, 9.17) is 4.74 Å². The predicted octanol–water partition coefficient (Wildman–Crippen LogP) is 1.98. The SMILES string of the molecule is CN(C(=O)c1ccc(F)c(S)c1)C1CCOC1. The Bertz CT molecular complexity index is 433. The zero-order valence-electron chi connectivity index (χ0n) is 9.52. The smallest absolute Gasteiger partial charge is 0.253 e. The van der Waals surface area contributed by atoms with Crippen LogP contribution in [0.1, 0.15) is 16.8 Å². The molecular formula is C12H14FNO2S. The molecule has 17 heavy (non-hydrogen) atoms. The van der Waals surface area contributed by atoms with Gasteiger partial charge in [0.05, 0.1) is 12.6 Å². The minimum absolute atomic E-state index is 0.107. The van der Waals surface area contributed by atoms with Crippen LogP contribution in [-0.4, -0.2) is 37.1 Å². The van der Waals surface area contributed by atoms with Crippen LogP contribution in [0.15, 0.2) is 23.1 Å². The maximum atomic E-state index is 13.0. The topological polar surface area (TPSA) is 29.5 Å².